The van der Waals surface area contributed by atoms with E-state index >= 15 is 0 Å². The van der Waals surface area contributed by atoms with Crippen molar-refractivity contribution < 1.29 is 61.8 Å². The van der Waals surface area contributed by atoms with E-state index in [4.69, 9.17) is 42.6 Å². The molecule has 0 saturated carbocycles. The van der Waals surface area contributed by atoms with Crippen LogP contribution in [-0.2, 0) is 61.8 Å². The van der Waals surface area contributed by atoms with Gasteiger partial charge in [-0.15, -0.1) is 0 Å². The average Bonchev–Trinajstić information content (AvgIpc) is 3.63. The van der Waals surface area contributed by atoms with Crippen LogP contribution in [0.2, 0.25) is 0 Å². The van der Waals surface area contributed by atoms with Gasteiger partial charge < -0.3 is 47.5 Å². The van der Waals surface area contributed by atoms with Crippen LogP contribution in [0.1, 0.15) is 161 Å². The van der Waals surface area contributed by atoms with E-state index in [0.29, 0.717) is 26.2 Å². The zero-order chi connectivity index (χ0) is 46.8. The van der Waals surface area contributed by atoms with Gasteiger partial charge in [0.15, 0.2) is 12.6 Å². The maximum absolute atomic E-state index is 13.4. The van der Waals surface area contributed by atoms with Crippen molar-refractivity contribution in [2.24, 2.45) is 23.7 Å². The lowest BCUT2D eigenvalue weighted by atomic mass is 9.82. The zero-order valence-electron chi connectivity index (χ0n) is 41.2. The lowest BCUT2D eigenvalue weighted by Crippen LogP contribution is -2.58. The van der Waals surface area contributed by atoms with E-state index in [1.54, 1.807) is 0 Å². The number of amides is 1. The van der Waals surface area contributed by atoms with Crippen molar-refractivity contribution in [2.75, 3.05) is 33.0 Å². The van der Waals surface area contributed by atoms with Gasteiger partial charge in [0.2, 0.25) is 12.3 Å². The molecule has 3 heterocycles. The summed E-state index contributed by atoms with van der Waals surface area (Å²) >= 11 is 0. The van der Waals surface area contributed by atoms with Gasteiger partial charge in [-0.05, 0) is 65.7 Å². The molecule has 3 aliphatic heterocycles. The fourth-order valence-electron chi connectivity index (χ4n) is 9.21. The maximum atomic E-state index is 13.4. The first-order valence-corrected chi connectivity index (χ1v) is 24.3. The highest BCUT2D eigenvalue weighted by Gasteiger charge is 2.49. The number of esters is 3. The van der Waals surface area contributed by atoms with Crippen molar-refractivity contribution in [2.45, 2.75) is 228 Å². The Morgan fingerprint density at radius 1 is 0.683 bits per heavy atom. The van der Waals surface area contributed by atoms with Crippen LogP contribution in [0.25, 0.3) is 0 Å². The smallest absolute Gasteiger partial charge is 0.303 e. The van der Waals surface area contributed by atoms with Crippen LogP contribution in [0, 0.1) is 23.7 Å². The first-order valence-electron chi connectivity index (χ1n) is 24.3. The molecule has 11 unspecified atom stereocenters. The molecule has 3 aliphatic rings. The standard InChI is InChI=1S/C48H86N2O13/c1-14-24-56-48(50(30(3)4)31(5)6)60-40-26-39(15-2)49(27-40)43(54)23-21-19-17-16-18-20-22-25-55-46-34(9)32(7)45(42(61-46)29-58-37(12)52)63-47-35(10)33(8)44(59-38(13)53)41(62-47)28-57-36(11)51/h30-35,39-42,44-48H,14-29H2,1-13H3/t32?,33?,34?,35?,39-,40+,41?,42?,44?,45?,46?,47?,48?/m1/s1. The fourth-order valence-corrected chi connectivity index (χ4v) is 9.21. The highest BCUT2D eigenvalue weighted by molar-refractivity contribution is 5.77. The van der Waals surface area contributed by atoms with Gasteiger partial charge in [0.25, 0.3) is 0 Å². The van der Waals surface area contributed by atoms with Crippen molar-refractivity contribution in [1.82, 2.24) is 9.80 Å². The number of likely N-dealkylation sites (tertiary alicyclic amines) is 1. The second kappa shape index (κ2) is 27.9. The Balaban J connectivity index is 1.42. The Kier molecular flexibility index (Phi) is 24.4. The van der Waals surface area contributed by atoms with Gasteiger partial charge in [-0.3, -0.25) is 24.1 Å². The van der Waals surface area contributed by atoms with Crippen LogP contribution >= 0.6 is 0 Å². The minimum atomic E-state index is -0.727. The van der Waals surface area contributed by atoms with E-state index in [9.17, 15) is 19.2 Å². The Morgan fingerprint density at radius 2 is 1.22 bits per heavy atom. The van der Waals surface area contributed by atoms with Crippen LogP contribution in [0.5, 0.6) is 0 Å². The summed E-state index contributed by atoms with van der Waals surface area (Å²) in [5.74, 6) is -1.57. The SMILES string of the molecule is CCCOC(O[C@H]1C[C@@H](CC)N(C(=O)CCCCCCCCCOC2OC(COC(C)=O)C(OC3OC(COC(C)=O)C(OC(C)=O)C(C)C3C)C(C)C2C)C1)N(C(C)C)C(C)C. The quantitative estimate of drug-likeness (QED) is 0.0341. The number of hydrogen-bond donors (Lipinski definition) is 0. The topological polar surface area (TPSA) is 158 Å². The number of unbranched alkanes of at least 4 members (excludes halogenated alkanes) is 6. The molecule has 63 heavy (non-hydrogen) atoms. The summed E-state index contributed by atoms with van der Waals surface area (Å²) in [6.07, 6.45) is 6.20. The molecule has 0 spiro atoms. The van der Waals surface area contributed by atoms with Crippen LogP contribution in [0.4, 0.5) is 0 Å². The molecule has 0 aromatic rings. The van der Waals surface area contributed by atoms with Gasteiger partial charge in [0, 0.05) is 76.2 Å². The summed E-state index contributed by atoms with van der Waals surface area (Å²) in [6, 6.07) is 0.749. The number of carbonyl (C=O) groups excluding carboxylic acids is 4. The molecule has 0 N–H and O–H groups in total. The molecule has 3 fully saturated rings. The van der Waals surface area contributed by atoms with Crippen molar-refractivity contribution in [3.8, 4) is 0 Å². The Morgan fingerprint density at radius 3 is 1.78 bits per heavy atom. The molecule has 3 saturated heterocycles. The molecule has 15 heteroatoms. The molecule has 15 nitrogen and oxygen atoms in total. The summed E-state index contributed by atoms with van der Waals surface area (Å²) in [4.78, 5) is 53.2. The van der Waals surface area contributed by atoms with Crippen LogP contribution in [0.15, 0.2) is 0 Å². The van der Waals surface area contributed by atoms with Crippen LogP contribution in [-0.4, -0.2) is 134 Å². The highest BCUT2D eigenvalue weighted by Crippen LogP contribution is 2.39. The molecular weight excluding hydrogens is 813 g/mol. The van der Waals surface area contributed by atoms with Gasteiger partial charge in [-0.2, -0.15) is 0 Å². The van der Waals surface area contributed by atoms with Gasteiger partial charge >= 0.3 is 17.9 Å². The summed E-state index contributed by atoms with van der Waals surface area (Å²) in [5.41, 5.74) is 0. The van der Waals surface area contributed by atoms with E-state index in [1.165, 1.54) is 20.8 Å². The summed E-state index contributed by atoms with van der Waals surface area (Å²) in [5, 5.41) is 0. The molecule has 366 valence electrons. The Hall–Kier alpha value is -2.40. The first kappa shape index (κ1) is 54.9. The number of nitrogens with zero attached hydrogens (tertiary/aromatic N) is 2. The second-order valence-corrected chi connectivity index (χ2v) is 18.8. The van der Waals surface area contributed by atoms with Gasteiger partial charge in [-0.1, -0.05) is 73.6 Å². The number of carbonyl (C=O) groups is 4. The summed E-state index contributed by atoms with van der Waals surface area (Å²) in [7, 11) is 0. The van der Waals surface area contributed by atoms with E-state index < -0.39 is 61.3 Å². The molecule has 1 amide bonds. The van der Waals surface area contributed by atoms with Crippen molar-refractivity contribution in [1.29, 1.82) is 0 Å². The second-order valence-electron chi connectivity index (χ2n) is 18.8. The summed E-state index contributed by atoms with van der Waals surface area (Å²) in [6.45, 7) is 26.7. The molecule has 0 aromatic heterocycles. The lowest BCUT2D eigenvalue weighted by Gasteiger charge is -2.48. The Bertz CT molecular complexity index is 1360. The number of ether oxygens (including phenoxy) is 9. The molecule has 13 atom stereocenters. The zero-order valence-corrected chi connectivity index (χ0v) is 41.2. The maximum Gasteiger partial charge on any atom is 0.303 e. The third kappa shape index (κ3) is 17.4. The van der Waals surface area contributed by atoms with Gasteiger partial charge in [-0.25, -0.2) is 0 Å². The van der Waals surface area contributed by atoms with Crippen molar-refractivity contribution in [3.63, 3.8) is 0 Å². The minimum Gasteiger partial charge on any atom is -0.463 e. The van der Waals surface area contributed by atoms with Gasteiger partial charge in [0.1, 0.15) is 31.5 Å². The van der Waals surface area contributed by atoms with E-state index in [-0.39, 0.29) is 67.0 Å². The van der Waals surface area contributed by atoms with E-state index in [2.05, 4.69) is 65.2 Å². The van der Waals surface area contributed by atoms with Gasteiger partial charge in [0.05, 0.1) is 18.8 Å². The third-order valence-electron chi connectivity index (χ3n) is 13.1. The predicted octanol–water partition coefficient (Wildman–Crippen LogP) is 7.79. The largest absolute Gasteiger partial charge is 0.463 e. The number of rotatable bonds is 27. The van der Waals surface area contributed by atoms with E-state index in [0.717, 1.165) is 64.2 Å². The highest BCUT2D eigenvalue weighted by atomic mass is 16.7. The monoisotopic (exact) mass is 899 g/mol. The van der Waals surface area contributed by atoms with Crippen LogP contribution < -0.4 is 0 Å². The molecule has 0 radical (unpaired) electrons. The first-order chi connectivity index (χ1) is 29.9. The molecular formula is C48H86N2O13. The van der Waals surface area contributed by atoms with Crippen LogP contribution in [0.3, 0.4) is 0 Å². The van der Waals surface area contributed by atoms with Crippen molar-refractivity contribution in [3.05, 3.63) is 0 Å². The van der Waals surface area contributed by atoms with E-state index in [1.807, 2.05) is 13.8 Å². The third-order valence-corrected chi connectivity index (χ3v) is 13.1. The molecule has 0 aromatic carbocycles. The number of hydrogen-bond acceptors (Lipinski definition) is 14. The predicted molar refractivity (Wildman–Crippen MR) is 238 cm³/mol. The molecule has 3 rings (SSSR count). The fraction of sp³-hybridized carbons (Fsp3) is 0.917. The normalized spacial score (nSPS) is 30.5. The molecule has 0 bridgehead atoms. The average molecular weight is 899 g/mol. The molecule has 0 aliphatic carbocycles. The lowest BCUT2D eigenvalue weighted by molar-refractivity contribution is -0.333. The minimum absolute atomic E-state index is 0.0109. The Labute approximate surface area is 379 Å². The summed E-state index contributed by atoms with van der Waals surface area (Å²) < 4.78 is 54.9. The van der Waals surface area contributed by atoms with Crippen molar-refractivity contribution >= 4 is 23.8 Å².